The maximum Gasteiger partial charge on any atom is 0.286 e. The highest BCUT2D eigenvalue weighted by Gasteiger charge is 2.52. The number of alkyl halides is 4. The maximum atomic E-state index is 13.3. The van der Waals surface area contributed by atoms with E-state index < -0.39 is 21.7 Å². The fourth-order valence-corrected chi connectivity index (χ4v) is 2.65. The van der Waals surface area contributed by atoms with Crippen LogP contribution in [-0.4, -0.2) is 10.8 Å². The summed E-state index contributed by atoms with van der Waals surface area (Å²) < 4.78 is 26.6. The van der Waals surface area contributed by atoms with Gasteiger partial charge < -0.3 is 0 Å². The molecular weight excluding hydrogens is 240 g/mol. The molecule has 0 N–H and O–H groups in total. The van der Waals surface area contributed by atoms with Gasteiger partial charge in [-0.2, -0.15) is 0 Å². The summed E-state index contributed by atoms with van der Waals surface area (Å²) >= 11 is 16.6. The van der Waals surface area contributed by atoms with Crippen LogP contribution in [0.4, 0.5) is 8.78 Å². The normalized spacial score (nSPS) is 33.2. The average Bonchev–Trinajstić information content (AvgIpc) is 2.14. The van der Waals surface area contributed by atoms with Gasteiger partial charge in [0, 0.05) is 5.92 Å². The average molecular weight is 250 g/mol. The molecule has 0 bridgehead atoms. The van der Waals surface area contributed by atoms with Gasteiger partial charge in [-0.25, -0.2) is 8.78 Å². The Hall–Kier alpha value is 0.470. The largest absolute Gasteiger partial charge is 0.286 e. The Morgan fingerprint density at radius 1 is 1.31 bits per heavy atom. The molecule has 2 atom stereocenters. The van der Waals surface area contributed by atoms with Crippen LogP contribution < -0.4 is 0 Å². The van der Waals surface area contributed by atoms with Crippen LogP contribution in [0.2, 0.25) is 0 Å². The summed E-state index contributed by atoms with van der Waals surface area (Å²) in [5.41, 5.74) is 0.252. The monoisotopic (exact) mass is 248 g/mol. The summed E-state index contributed by atoms with van der Waals surface area (Å²) in [6, 6.07) is 0. The van der Waals surface area contributed by atoms with Gasteiger partial charge in [-0.05, 0) is 11.5 Å². The van der Waals surface area contributed by atoms with Crippen LogP contribution in [0.5, 0.6) is 0 Å². The van der Waals surface area contributed by atoms with Crippen molar-refractivity contribution in [1.82, 2.24) is 0 Å². The summed E-state index contributed by atoms with van der Waals surface area (Å²) in [5, 5.41) is -0.484. The minimum absolute atomic E-state index is 0.252. The van der Waals surface area contributed by atoms with Crippen molar-refractivity contribution in [3.63, 3.8) is 0 Å². The van der Waals surface area contributed by atoms with Crippen molar-refractivity contribution >= 4 is 34.8 Å². The van der Waals surface area contributed by atoms with E-state index in [1.807, 2.05) is 0 Å². The smallest absolute Gasteiger partial charge is 0.200 e. The molecule has 1 rings (SSSR count). The van der Waals surface area contributed by atoms with Crippen molar-refractivity contribution in [2.75, 3.05) is 0 Å². The van der Waals surface area contributed by atoms with Gasteiger partial charge in [-0.15, -0.1) is 23.2 Å². The van der Waals surface area contributed by atoms with E-state index in [1.54, 1.807) is 6.92 Å². The van der Waals surface area contributed by atoms with E-state index in [1.165, 1.54) is 6.92 Å². The number of halogens is 5. The highest BCUT2D eigenvalue weighted by Crippen LogP contribution is 2.51. The van der Waals surface area contributed by atoms with E-state index in [2.05, 4.69) is 0 Å². The summed E-state index contributed by atoms with van der Waals surface area (Å²) in [6.07, 6.45) is 0. The molecule has 2 unspecified atom stereocenters. The lowest BCUT2D eigenvalue weighted by atomic mass is 9.94. The first-order valence-corrected chi connectivity index (χ1v) is 5.11. The minimum Gasteiger partial charge on any atom is -0.200 e. The van der Waals surface area contributed by atoms with Crippen molar-refractivity contribution < 1.29 is 8.78 Å². The molecule has 0 aliphatic heterocycles. The molecule has 0 aromatic rings. The Balaban J connectivity index is 3.13. The quantitative estimate of drug-likeness (QED) is 0.611. The van der Waals surface area contributed by atoms with Gasteiger partial charge in [0.05, 0.1) is 5.03 Å². The van der Waals surface area contributed by atoms with Crippen LogP contribution in [0, 0.1) is 11.8 Å². The van der Waals surface area contributed by atoms with Crippen LogP contribution in [0.25, 0.3) is 0 Å². The van der Waals surface area contributed by atoms with E-state index in [0.717, 1.165) is 0 Å². The van der Waals surface area contributed by atoms with E-state index in [0.29, 0.717) is 0 Å². The zero-order valence-electron chi connectivity index (χ0n) is 7.12. The fourth-order valence-electron chi connectivity index (χ4n) is 1.47. The molecule has 1 aliphatic carbocycles. The highest BCUT2D eigenvalue weighted by atomic mass is 35.5. The third-order valence-corrected chi connectivity index (χ3v) is 3.53. The molecule has 76 valence electrons. The zero-order valence-corrected chi connectivity index (χ0v) is 9.39. The molecule has 0 amide bonds. The fraction of sp³-hybridized carbons (Fsp3) is 0.750. The third-order valence-electron chi connectivity index (χ3n) is 2.59. The molecular formula is C8H9Cl3F2. The van der Waals surface area contributed by atoms with Crippen LogP contribution in [0.3, 0.4) is 0 Å². The van der Waals surface area contributed by atoms with Gasteiger partial charge in [0.15, 0.2) is 0 Å². The van der Waals surface area contributed by atoms with E-state index in [4.69, 9.17) is 34.8 Å². The van der Waals surface area contributed by atoms with Crippen molar-refractivity contribution in [2.45, 2.75) is 24.6 Å². The van der Waals surface area contributed by atoms with E-state index in [9.17, 15) is 8.78 Å². The van der Waals surface area contributed by atoms with Crippen LogP contribution in [0.15, 0.2) is 10.6 Å². The van der Waals surface area contributed by atoms with Crippen molar-refractivity contribution in [3.05, 3.63) is 10.6 Å². The zero-order chi connectivity index (χ0) is 10.4. The predicted octanol–water partition coefficient (Wildman–Crippen LogP) is 4.20. The van der Waals surface area contributed by atoms with Crippen molar-refractivity contribution in [3.8, 4) is 0 Å². The first-order chi connectivity index (χ1) is 5.80. The van der Waals surface area contributed by atoms with Crippen LogP contribution in [-0.2, 0) is 0 Å². The van der Waals surface area contributed by atoms with Crippen LogP contribution >= 0.6 is 34.8 Å². The summed E-state index contributed by atoms with van der Waals surface area (Å²) in [4.78, 5) is -0.946. The number of allylic oxidation sites excluding steroid dienone is 2. The number of hydrogen-bond donors (Lipinski definition) is 0. The van der Waals surface area contributed by atoms with Crippen LogP contribution in [0.1, 0.15) is 13.8 Å². The standard InChI is InChI=1S/C8H9Cl3F2/c1-3-4(2)8(12,13)6(9)5(3)7(10)11/h3-4,7H,1-2H3. The van der Waals surface area contributed by atoms with Gasteiger partial charge in [0.1, 0.15) is 4.84 Å². The Morgan fingerprint density at radius 2 is 1.77 bits per heavy atom. The lowest BCUT2D eigenvalue weighted by molar-refractivity contribution is -0.00664. The highest BCUT2D eigenvalue weighted by molar-refractivity contribution is 6.47. The summed E-state index contributed by atoms with van der Waals surface area (Å²) in [6.45, 7) is 3.09. The second kappa shape index (κ2) is 3.56. The Kier molecular flexibility index (Phi) is 3.16. The van der Waals surface area contributed by atoms with Gasteiger partial charge in [0.25, 0.3) is 5.92 Å². The van der Waals surface area contributed by atoms with E-state index in [-0.39, 0.29) is 11.5 Å². The molecule has 13 heavy (non-hydrogen) atoms. The maximum absolute atomic E-state index is 13.3. The molecule has 0 saturated carbocycles. The molecule has 0 aromatic carbocycles. The van der Waals surface area contributed by atoms with Gasteiger partial charge in [-0.1, -0.05) is 25.4 Å². The molecule has 0 spiro atoms. The second-order valence-electron chi connectivity index (χ2n) is 3.27. The Labute approximate surface area is 90.8 Å². The lowest BCUT2D eigenvalue weighted by Gasteiger charge is -2.18. The molecule has 0 radical (unpaired) electrons. The minimum atomic E-state index is -2.99. The molecule has 0 aromatic heterocycles. The van der Waals surface area contributed by atoms with Gasteiger partial charge >= 0.3 is 0 Å². The van der Waals surface area contributed by atoms with Gasteiger partial charge in [-0.3, -0.25) is 0 Å². The number of hydrogen-bond acceptors (Lipinski definition) is 0. The van der Waals surface area contributed by atoms with Gasteiger partial charge in [0.2, 0.25) is 0 Å². The molecule has 0 nitrogen and oxygen atoms in total. The summed E-state index contributed by atoms with van der Waals surface area (Å²) in [7, 11) is 0. The third kappa shape index (κ3) is 1.69. The first-order valence-electron chi connectivity index (χ1n) is 3.86. The molecule has 0 heterocycles. The molecule has 0 saturated heterocycles. The van der Waals surface area contributed by atoms with Crippen molar-refractivity contribution in [1.29, 1.82) is 0 Å². The lowest BCUT2D eigenvalue weighted by Crippen LogP contribution is -2.24. The Morgan fingerprint density at radius 3 is 1.92 bits per heavy atom. The Bertz CT molecular complexity index is 248. The SMILES string of the molecule is CC1C(C(Cl)Cl)=C(Cl)C(F)(F)C1C. The molecule has 0 fully saturated rings. The predicted molar refractivity (Wildman–Crippen MR) is 51.6 cm³/mol. The molecule has 1 aliphatic rings. The second-order valence-corrected chi connectivity index (χ2v) is 4.74. The topological polar surface area (TPSA) is 0 Å². The summed E-state index contributed by atoms with van der Waals surface area (Å²) in [5.74, 6) is -4.20. The first kappa shape index (κ1) is 11.5. The number of rotatable bonds is 1. The molecule has 5 heteroatoms. The van der Waals surface area contributed by atoms with Crippen molar-refractivity contribution in [2.24, 2.45) is 11.8 Å². The van der Waals surface area contributed by atoms with E-state index >= 15 is 0 Å².